The number of H-pyrrole nitrogens is 1. The van der Waals surface area contributed by atoms with Crippen molar-refractivity contribution in [3.63, 3.8) is 0 Å². The van der Waals surface area contributed by atoms with E-state index >= 15 is 0 Å². The van der Waals surface area contributed by atoms with E-state index in [1.54, 1.807) is 19.2 Å². The van der Waals surface area contributed by atoms with Gasteiger partial charge < -0.3 is 24.9 Å². The molecule has 25 heavy (non-hydrogen) atoms. The zero-order valence-corrected chi connectivity index (χ0v) is 15.0. The summed E-state index contributed by atoms with van der Waals surface area (Å²) in [5.41, 5.74) is 4.03. The average molecular weight is 342 g/mol. The van der Waals surface area contributed by atoms with Gasteiger partial charge >= 0.3 is 0 Å². The molecule has 1 aromatic carbocycles. The van der Waals surface area contributed by atoms with E-state index in [9.17, 15) is 5.11 Å². The molecule has 0 bridgehead atoms. The van der Waals surface area contributed by atoms with Gasteiger partial charge in [-0.1, -0.05) is 13.0 Å². The molecule has 134 valence electrons. The lowest BCUT2D eigenvalue weighted by Crippen LogP contribution is -2.17. The highest BCUT2D eigenvalue weighted by Gasteiger charge is 2.16. The van der Waals surface area contributed by atoms with Crippen LogP contribution in [-0.4, -0.2) is 36.5 Å². The van der Waals surface area contributed by atoms with Crippen molar-refractivity contribution in [2.45, 2.75) is 26.4 Å². The van der Waals surface area contributed by atoms with Crippen LogP contribution in [0.5, 0.6) is 11.5 Å². The number of rotatable bonds is 7. The first-order valence-corrected chi connectivity index (χ1v) is 8.74. The first-order chi connectivity index (χ1) is 12.1. The first kappa shape index (κ1) is 17.4. The third-order valence-corrected chi connectivity index (χ3v) is 4.40. The van der Waals surface area contributed by atoms with Crippen LogP contribution in [0.25, 0.3) is 17.0 Å². The molecule has 0 saturated heterocycles. The van der Waals surface area contributed by atoms with Gasteiger partial charge in [0.25, 0.3) is 0 Å². The predicted octanol–water partition coefficient (Wildman–Crippen LogP) is 3.77. The highest BCUT2D eigenvalue weighted by molar-refractivity contribution is 5.70. The monoisotopic (exact) mass is 342 g/mol. The fourth-order valence-corrected chi connectivity index (χ4v) is 3.07. The van der Waals surface area contributed by atoms with E-state index in [-0.39, 0.29) is 11.9 Å². The van der Waals surface area contributed by atoms with Crippen molar-refractivity contribution in [2.24, 2.45) is 5.92 Å². The molecule has 0 spiro atoms. The lowest BCUT2D eigenvalue weighted by molar-refractivity contribution is 0.0919. The van der Waals surface area contributed by atoms with E-state index < -0.39 is 0 Å². The van der Waals surface area contributed by atoms with E-state index in [0.29, 0.717) is 18.3 Å². The van der Waals surface area contributed by atoms with Crippen LogP contribution in [0, 0.1) is 5.92 Å². The van der Waals surface area contributed by atoms with Gasteiger partial charge in [-0.3, -0.25) is 0 Å². The number of methoxy groups -OCH3 is 1. The number of hydrogen-bond acceptors (Lipinski definition) is 4. The highest BCUT2D eigenvalue weighted by Crippen LogP contribution is 2.31. The third kappa shape index (κ3) is 4.17. The number of aromatic hydroxyl groups is 1. The minimum absolute atomic E-state index is 0.0855. The maximum absolute atomic E-state index is 10.0. The van der Waals surface area contributed by atoms with E-state index in [0.717, 1.165) is 35.6 Å². The molecular weight excluding hydrogens is 316 g/mol. The summed E-state index contributed by atoms with van der Waals surface area (Å²) in [7, 11) is 1.64. The van der Waals surface area contributed by atoms with E-state index in [1.165, 1.54) is 0 Å². The molecule has 0 saturated carbocycles. The molecule has 0 radical (unpaired) electrons. The van der Waals surface area contributed by atoms with Crippen molar-refractivity contribution in [1.82, 2.24) is 10.3 Å². The van der Waals surface area contributed by atoms with Gasteiger partial charge in [0.05, 0.1) is 18.0 Å². The Labute approximate surface area is 148 Å². The molecule has 2 aromatic rings. The number of ether oxygens (including phenoxy) is 2. The van der Waals surface area contributed by atoms with E-state index in [2.05, 4.69) is 29.4 Å². The molecule has 5 heteroatoms. The predicted molar refractivity (Wildman–Crippen MR) is 99.6 cm³/mol. The molecule has 0 unspecified atom stereocenters. The lowest BCUT2D eigenvalue weighted by Gasteiger charge is -2.14. The Morgan fingerprint density at radius 2 is 2.04 bits per heavy atom. The summed E-state index contributed by atoms with van der Waals surface area (Å²) < 4.78 is 10.9. The van der Waals surface area contributed by atoms with Crippen LogP contribution in [0.3, 0.4) is 0 Å². The van der Waals surface area contributed by atoms with Gasteiger partial charge in [0.15, 0.2) is 0 Å². The van der Waals surface area contributed by atoms with Gasteiger partial charge in [0, 0.05) is 31.0 Å². The summed E-state index contributed by atoms with van der Waals surface area (Å²) in [5.74, 6) is 1.39. The standard InChI is InChI=1S/C20H26N2O3/c1-4-14-7-20(21-11-14)19-6-5-18(22-19)15-8-16(23)10-17(9-15)25-13(2)12-24-3/h5-10,13-14,21-23H,4,11-12H2,1-3H3/t13-,14+/m0/s1. The van der Waals surface area contributed by atoms with Crippen LogP contribution < -0.4 is 10.1 Å². The topological polar surface area (TPSA) is 66.5 Å². The fourth-order valence-electron chi connectivity index (χ4n) is 3.07. The molecule has 1 aromatic heterocycles. The average Bonchev–Trinajstić information content (AvgIpc) is 3.23. The summed E-state index contributed by atoms with van der Waals surface area (Å²) in [6, 6.07) is 9.35. The van der Waals surface area contributed by atoms with Gasteiger partial charge in [-0.15, -0.1) is 0 Å². The Balaban J connectivity index is 1.81. The second-order valence-electron chi connectivity index (χ2n) is 6.51. The normalized spacial score (nSPS) is 17.9. The zero-order valence-electron chi connectivity index (χ0n) is 15.0. The lowest BCUT2D eigenvalue weighted by atomic mass is 10.1. The summed E-state index contributed by atoms with van der Waals surface area (Å²) >= 11 is 0. The second-order valence-corrected chi connectivity index (χ2v) is 6.51. The molecule has 1 aliphatic heterocycles. The molecule has 5 nitrogen and oxygen atoms in total. The largest absolute Gasteiger partial charge is 0.508 e. The van der Waals surface area contributed by atoms with Crippen molar-refractivity contribution in [3.05, 3.63) is 42.1 Å². The number of aromatic amines is 1. The molecule has 0 aliphatic carbocycles. The molecule has 2 atom stereocenters. The minimum Gasteiger partial charge on any atom is -0.508 e. The van der Waals surface area contributed by atoms with Crippen molar-refractivity contribution >= 4 is 5.70 Å². The van der Waals surface area contributed by atoms with Crippen molar-refractivity contribution in [3.8, 4) is 22.8 Å². The van der Waals surface area contributed by atoms with E-state index in [1.807, 2.05) is 19.1 Å². The Morgan fingerprint density at radius 1 is 1.24 bits per heavy atom. The van der Waals surface area contributed by atoms with Gasteiger partial charge in [0.2, 0.25) is 0 Å². The summed E-state index contributed by atoms with van der Waals surface area (Å²) in [4.78, 5) is 3.43. The molecule has 0 fully saturated rings. The van der Waals surface area contributed by atoms with Gasteiger partial charge in [0.1, 0.15) is 17.6 Å². The smallest absolute Gasteiger partial charge is 0.124 e. The van der Waals surface area contributed by atoms with Crippen molar-refractivity contribution in [1.29, 1.82) is 0 Å². The van der Waals surface area contributed by atoms with Crippen LogP contribution in [0.15, 0.2) is 36.4 Å². The minimum atomic E-state index is -0.0855. The highest BCUT2D eigenvalue weighted by atomic mass is 16.5. The zero-order chi connectivity index (χ0) is 17.8. The summed E-state index contributed by atoms with van der Waals surface area (Å²) in [6.45, 7) is 5.62. The molecule has 3 N–H and O–H groups in total. The number of hydrogen-bond donors (Lipinski definition) is 3. The van der Waals surface area contributed by atoms with E-state index in [4.69, 9.17) is 9.47 Å². The number of aromatic nitrogens is 1. The Bertz CT molecular complexity index is 751. The summed E-state index contributed by atoms with van der Waals surface area (Å²) in [6.07, 6.45) is 3.33. The maximum atomic E-state index is 10.0. The second kappa shape index (κ2) is 7.66. The molecule has 0 amide bonds. The van der Waals surface area contributed by atoms with Gasteiger partial charge in [-0.25, -0.2) is 0 Å². The Morgan fingerprint density at radius 3 is 2.76 bits per heavy atom. The van der Waals surface area contributed by atoms with Crippen molar-refractivity contribution in [2.75, 3.05) is 20.3 Å². The van der Waals surface area contributed by atoms with Crippen LogP contribution in [0.4, 0.5) is 0 Å². The van der Waals surface area contributed by atoms with Gasteiger partial charge in [-0.2, -0.15) is 0 Å². The Kier molecular flexibility index (Phi) is 5.34. The maximum Gasteiger partial charge on any atom is 0.124 e. The van der Waals surface area contributed by atoms with Crippen LogP contribution in [0.2, 0.25) is 0 Å². The molecule has 3 rings (SSSR count). The fraction of sp³-hybridized carbons (Fsp3) is 0.400. The number of phenols is 1. The van der Waals surface area contributed by atoms with Crippen LogP contribution >= 0.6 is 0 Å². The molecular formula is C20H26N2O3. The third-order valence-electron chi connectivity index (χ3n) is 4.40. The van der Waals surface area contributed by atoms with Gasteiger partial charge in [-0.05, 0) is 43.5 Å². The first-order valence-electron chi connectivity index (χ1n) is 8.74. The number of phenolic OH excluding ortho intramolecular Hbond substituents is 1. The SMILES string of the molecule is CC[C@@H]1C=C(c2ccc(-c3cc(O)cc(O[C@@H](C)COC)c3)[nH]2)NC1. The van der Waals surface area contributed by atoms with Crippen LogP contribution in [0.1, 0.15) is 26.0 Å². The van der Waals surface area contributed by atoms with Crippen LogP contribution in [-0.2, 0) is 4.74 Å². The molecule has 2 heterocycles. The number of nitrogens with one attached hydrogen (secondary N) is 2. The Hall–Kier alpha value is -2.40. The summed E-state index contributed by atoms with van der Waals surface area (Å²) in [5, 5.41) is 13.5. The number of benzene rings is 1. The van der Waals surface area contributed by atoms with Crippen molar-refractivity contribution < 1.29 is 14.6 Å². The quantitative estimate of drug-likeness (QED) is 0.716. The molecule has 1 aliphatic rings.